The summed E-state index contributed by atoms with van der Waals surface area (Å²) >= 11 is 0. The van der Waals surface area contributed by atoms with Crippen molar-refractivity contribution in [2.45, 2.75) is 44.9 Å². The fraction of sp³-hybridized carbons (Fsp3) is 0.474. The molecule has 0 aromatic heterocycles. The Labute approximate surface area is 136 Å². The van der Waals surface area contributed by atoms with Crippen LogP contribution in [0, 0.1) is 5.41 Å². The van der Waals surface area contributed by atoms with Crippen LogP contribution in [0.5, 0.6) is 0 Å². The van der Waals surface area contributed by atoms with Crippen LogP contribution in [0.2, 0.25) is 0 Å². The standard InChI is InChI=1S/C19H23NO3/c1-4-19-11-7-10-18(2,17(21)23-3)16(19)12-15(20-22)13-8-5-6-9-14(13)19/h5-6,8-9,12,22H,4,7,10-11H2,1-3H3/b20-15-/t18-,19?/m1/s1. The van der Waals surface area contributed by atoms with Crippen molar-refractivity contribution in [1.29, 1.82) is 0 Å². The Morgan fingerprint density at radius 1 is 1.35 bits per heavy atom. The lowest BCUT2D eigenvalue weighted by Crippen LogP contribution is -2.48. The number of hydrogen-bond donors (Lipinski definition) is 1. The maximum Gasteiger partial charge on any atom is 0.315 e. The lowest BCUT2D eigenvalue weighted by molar-refractivity contribution is -0.151. The number of nitrogens with zero attached hydrogens (tertiary/aromatic N) is 1. The number of ether oxygens (including phenoxy) is 1. The number of carbonyl (C=O) groups is 1. The largest absolute Gasteiger partial charge is 0.468 e. The van der Waals surface area contributed by atoms with Gasteiger partial charge in [0.25, 0.3) is 0 Å². The van der Waals surface area contributed by atoms with E-state index in [2.05, 4.69) is 18.1 Å². The minimum atomic E-state index is -0.674. The Morgan fingerprint density at radius 3 is 2.74 bits per heavy atom. The van der Waals surface area contributed by atoms with E-state index in [1.165, 1.54) is 7.11 Å². The zero-order valence-electron chi connectivity index (χ0n) is 13.9. The van der Waals surface area contributed by atoms with E-state index in [0.717, 1.165) is 42.4 Å². The van der Waals surface area contributed by atoms with Gasteiger partial charge in [-0.1, -0.05) is 42.8 Å². The predicted molar refractivity (Wildman–Crippen MR) is 88.8 cm³/mol. The van der Waals surface area contributed by atoms with E-state index >= 15 is 0 Å². The van der Waals surface area contributed by atoms with Gasteiger partial charge in [-0.3, -0.25) is 4.79 Å². The summed E-state index contributed by atoms with van der Waals surface area (Å²) in [6.07, 6.45) is 5.53. The van der Waals surface area contributed by atoms with Crippen molar-refractivity contribution in [3.05, 3.63) is 47.0 Å². The summed E-state index contributed by atoms with van der Waals surface area (Å²) in [6, 6.07) is 8.05. The van der Waals surface area contributed by atoms with Crippen LogP contribution in [0.25, 0.3) is 0 Å². The van der Waals surface area contributed by atoms with Gasteiger partial charge < -0.3 is 9.94 Å². The number of esters is 1. The zero-order chi connectivity index (χ0) is 16.7. The molecule has 3 rings (SSSR count). The number of allylic oxidation sites excluding steroid dienone is 1. The third-order valence-corrected chi connectivity index (χ3v) is 5.74. The van der Waals surface area contributed by atoms with E-state index in [9.17, 15) is 10.0 Å². The highest BCUT2D eigenvalue weighted by molar-refractivity contribution is 6.12. The molecule has 0 spiro atoms. The van der Waals surface area contributed by atoms with E-state index in [1.54, 1.807) is 0 Å². The van der Waals surface area contributed by atoms with E-state index in [0.29, 0.717) is 5.71 Å². The highest BCUT2D eigenvalue weighted by Gasteiger charge is 2.53. The number of oxime groups is 1. The summed E-state index contributed by atoms with van der Waals surface area (Å²) in [5.74, 6) is -0.210. The molecule has 0 bridgehead atoms. The average molecular weight is 313 g/mol. The van der Waals surface area contributed by atoms with Gasteiger partial charge in [-0.15, -0.1) is 0 Å². The minimum absolute atomic E-state index is 0.189. The Balaban J connectivity index is 2.29. The highest BCUT2D eigenvalue weighted by Crippen LogP contribution is 2.56. The first kappa shape index (κ1) is 15.8. The highest BCUT2D eigenvalue weighted by atomic mass is 16.5. The van der Waals surface area contributed by atoms with Gasteiger partial charge in [0.1, 0.15) is 5.71 Å². The van der Waals surface area contributed by atoms with Crippen LogP contribution in [-0.4, -0.2) is 24.0 Å². The van der Waals surface area contributed by atoms with Crippen LogP contribution in [0.1, 0.15) is 50.7 Å². The number of fused-ring (bicyclic) bond motifs is 3. The predicted octanol–water partition coefficient (Wildman–Crippen LogP) is 3.82. The van der Waals surface area contributed by atoms with Crippen molar-refractivity contribution in [2.24, 2.45) is 10.6 Å². The fourth-order valence-electron chi connectivity index (χ4n) is 4.53. The maximum absolute atomic E-state index is 12.5. The van der Waals surface area contributed by atoms with Crippen LogP contribution < -0.4 is 0 Å². The van der Waals surface area contributed by atoms with E-state index < -0.39 is 5.41 Å². The quantitative estimate of drug-likeness (QED) is 0.513. The molecule has 2 aliphatic carbocycles. The van der Waals surface area contributed by atoms with Crippen LogP contribution in [0.15, 0.2) is 41.1 Å². The van der Waals surface area contributed by atoms with Crippen molar-refractivity contribution in [3.8, 4) is 0 Å². The molecule has 1 N–H and O–H groups in total. The Morgan fingerprint density at radius 2 is 2.09 bits per heavy atom. The Hall–Kier alpha value is -2.10. The van der Waals surface area contributed by atoms with E-state index in [1.807, 2.05) is 31.2 Å². The molecule has 2 aliphatic rings. The van der Waals surface area contributed by atoms with Crippen molar-refractivity contribution in [3.63, 3.8) is 0 Å². The van der Waals surface area contributed by atoms with Gasteiger partial charge in [-0.2, -0.15) is 0 Å². The van der Waals surface area contributed by atoms with Gasteiger partial charge >= 0.3 is 5.97 Å². The zero-order valence-corrected chi connectivity index (χ0v) is 13.9. The molecule has 1 saturated carbocycles. The maximum atomic E-state index is 12.5. The first-order valence-corrected chi connectivity index (χ1v) is 8.16. The SMILES string of the molecule is CCC12CCC[C@@](C)(C(=O)OC)C1=C/C(=N/O)c1ccccc12. The van der Waals surface area contributed by atoms with Crippen molar-refractivity contribution in [2.75, 3.05) is 7.11 Å². The number of methoxy groups -OCH3 is 1. The van der Waals surface area contributed by atoms with Crippen LogP contribution in [0.3, 0.4) is 0 Å². The first-order valence-electron chi connectivity index (χ1n) is 8.16. The molecule has 0 heterocycles. The van der Waals surface area contributed by atoms with Gasteiger partial charge in [0, 0.05) is 11.0 Å². The van der Waals surface area contributed by atoms with Crippen molar-refractivity contribution < 1.29 is 14.7 Å². The molecular formula is C19H23NO3. The van der Waals surface area contributed by atoms with E-state index in [-0.39, 0.29) is 11.4 Å². The monoisotopic (exact) mass is 313 g/mol. The molecule has 1 unspecified atom stereocenters. The van der Waals surface area contributed by atoms with Crippen LogP contribution >= 0.6 is 0 Å². The third kappa shape index (κ3) is 2.04. The summed E-state index contributed by atoms with van der Waals surface area (Å²) < 4.78 is 5.11. The molecule has 1 fully saturated rings. The van der Waals surface area contributed by atoms with Gasteiger partial charge in [-0.25, -0.2) is 0 Å². The number of carbonyl (C=O) groups excluding carboxylic acids is 1. The summed E-state index contributed by atoms with van der Waals surface area (Å²) in [6.45, 7) is 4.12. The normalized spacial score (nSPS) is 31.1. The van der Waals surface area contributed by atoms with Crippen molar-refractivity contribution in [1.82, 2.24) is 0 Å². The summed E-state index contributed by atoms with van der Waals surface area (Å²) in [5.41, 5.74) is 2.80. The summed E-state index contributed by atoms with van der Waals surface area (Å²) in [4.78, 5) is 12.5. The third-order valence-electron chi connectivity index (χ3n) is 5.74. The molecule has 122 valence electrons. The molecular weight excluding hydrogens is 290 g/mol. The lowest BCUT2D eigenvalue weighted by Gasteiger charge is -2.50. The first-order chi connectivity index (χ1) is 11.0. The molecule has 1 aromatic rings. The van der Waals surface area contributed by atoms with Gasteiger partial charge in [0.15, 0.2) is 0 Å². The lowest BCUT2D eigenvalue weighted by atomic mass is 9.53. The molecule has 1 aromatic carbocycles. The molecule has 0 amide bonds. The minimum Gasteiger partial charge on any atom is -0.468 e. The molecule has 0 radical (unpaired) electrons. The Kier molecular flexibility index (Phi) is 3.78. The fourth-order valence-corrected chi connectivity index (χ4v) is 4.53. The molecule has 4 nitrogen and oxygen atoms in total. The average Bonchev–Trinajstić information content (AvgIpc) is 2.60. The molecule has 4 heteroatoms. The second kappa shape index (κ2) is 5.52. The smallest absolute Gasteiger partial charge is 0.315 e. The van der Waals surface area contributed by atoms with E-state index in [4.69, 9.17) is 4.74 Å². The van der Waals surface area contributed by atoms with Gasteiger partial charge in [-0.05, 0) is 43.4 Å². The summed E-state index contributed by atoms with van der Waals surface area (Å²) in [5, 5.41) is 13.0. The topological polar surface area (TPSA) is 58.9 Å². The number of benzene rings is 1. The molecule has 0 saturated heterocycles. The number of hydrogen-bond acceptors (Lipinski definition) is 4. The second-order valence-electron chi connectivity index (χ2n) is 6.70. The molecule has 0 aliphatic heterocycles. The van der Waals surface area contributed by atoms with Gasteiger partial charge in [0.2, 0.25) is 0 Å². The second-order valence-corrected chi connectivity index (χ2v) is 6.70. The van der Waals surface area contributed by atoms with Crippen LogP contribution in [0.4, 0.5) is 0 Å². The van der Waals surface area contributed by atoms with Crippen LogP contribution in [-0.2, 0) is 14.9 Å². The molecule has 2 atom stereocenters. The summed E-state index contributed by atoms with van der Waals surface area (Å²) in [7, 11) is 1.44. The van der Waals surface area contributed by atoms with Gasteiger partial charge in [0.05, 0.1) is 12.5 Å². The molecule has 23 heavy (non-hydrogen) atoms. The van der Waals surface area contributed by atoms with Crippen molar-refractivity contribution >= 4 is 11.7 Å². The number of rotatable bonds is 2. The Bertz CT molecular complexity index is 706.